The Morgan fingerprint density at radius 1 is 1.42 bits per heavy atom. The summed E-state index contributed by atoms with van der Waals surface area (Å²) < 4.78 is 0.632. The second-order valence-electron chi connectivity index (χ2n) is 4.31. The summed E-state index contributed by atoms with van der Waals surface area (Å²) >= 11 is 8.83. The summed E-state index contributed by atoms with van der Waals surface area (Å²) in [6.07, 6.45) is 0. The second kappa shape index (κ2) is 6.52. The number of hydrogen-bond acceptors (Lipinski definition) is 4. The Labute approximate surface area is 125 Å². The Bertz CT molecular complexity index is 537. The molecule has 0 aromatic carbocycles. The van der Waals surface area contributed by atoms with Gasteiger partial charge in [-0.3, -0.25) is 4.79 Å². The maximum absolute atomic E-state index is 12.0. The Morgan fingerprint density at radius 3 is 2.74 bits per heavy atom. The Morgan fingerprint density at radius 2 is 2.21 bits per heavy atom. The number of carbonyl (C=O) groups is 1. The minimum atomic E-state index is -0.0692. The van der Waals surface area contributed by atoms with Gasteiger partial charge in [-0.05, 0) is 37.7 Å². The fourth-order valence-electron chi connectivity index (χ4n) is 1.73. The first kappa shape index (κ1) is 14.5. The van der Waals surface area contributed by atoms with Crippen LogP contribution in [0, 0.1) is 0 Å². The van der Waals surface area contributed by atoms with Gasteiger partial charge in [-0.25, -0.2) is 0 Å². The van der Waals surface area contributed by atoms with Gasteiger partial charge in [0, 0.05) is 11.4 Å². The summed E-state index contributed by atoms with van der Waals surface area (Å²) in [6.45, 7) is 0.585. The van der Waals surface area contributed by atoms with Crippen molar-refractivity contribution >= 4 is 40.2 Å². The summed E-state index contributed by atoms with van der Waals surface area (Å²) in [6, 6.07) is 7.79. The van der Waals surface area contributed by atoms with Gasteiger partial charge in [0.05, 0.1) is 15.3 Å². The van der Waals surface area contributed by atoms with E-state index in [0.29, 0.717) is 15.8 Å². The minimum Gasteiger partial charge on any atom is -0.349 e. The zero-order valence-electron chi connectivity index (χ0n) is 10.7. The highest BCUT2D eigenvalue weighted by Crippen LogP contribution is 2.24. The van der Waals surface area contributed by atoms with E-state index < -0.39 is 0 Å². The van der Waals surface area contributed by atoms with E-state index in [0.717, 1.165) is 0 Å². The molecule has 0 unspecified atom stereocenters. The molecule has 2 rings (SSSR count). The van der Waals surface area contributed by atoms with E-state index in [1.54, 1.807) is 23.5 Å². The van der Waals surface area contributed by atoms with E-state index >= 15 is 0 Å². The molecular formula is C13H15ClN2OS2. The lowest BCUT2D eigenvalue weighted by molar-refractivity contribution is 0.0946. The van der Waals surface area contributed by atoms with E-state index in [1.807, 2.05) is 25.5 Å². The van der Waals surface area contributed by atoms with Crippen molar-refractivity contribution in [1.82, 2.24) is 10.2 Å². The predicted octanol–water partition coefficient (Wildman–Crippen LogP) is 3.50. The Kier molecular flexibility index (Phi) is 4.99. The third-order valence-electron chi connectivity index (χ3n) is 2.75. The molecule has 0 fully saturated rings. The number of thiophene rings is 2. The van der Waals surface area contributed by atoms with Crippen LogP contribution in [0.15, 0.2) is 29.6 Å². The topological polar surface area (TPSA) is 32.3 Å². The molecule has 102 valence electrons. The van der Waals surface area contributed by atoms with Crippen molar-refractivity contribution < 1.29 is 4.79 Å². The van der Waals surface area contributed by atoms with Gasteiger partial charge in [0.25, 0.3) is 5.91 Å². The van der Waals surface area contributed by atoms with Crippen molar-refractivity contribution in [2.75, 3.05) is 20.6 Å². The smallest absolute Gasteiger partial charge is 0.261 e. The van der Waals surface area contributed by atoms with E-state index in [4.69, 9.17) is 11.6 Å². The summed E-state index contributed by atoms with van der Waals surface area (Å²) in [5.41, 5.74) is 0. The lowest BCUT2D eigenvalue weighted by Crippen LogP contribution is -2.33. The van der Waals surface area contributed by atoms with E-state index in [1.165, 1.54) is 16.2 Å². The molecule has 0 aliphatic heterocycles. The lowest BCUT2D eigenvalue weighted by atomic mass is 10.2. The van der Waals surface area contributed by atoms with Crippen molar-refractivity contribution in [2.45, 2.75) is 6.04 Å². The lowest BCUT2D eigenvalue weighted by Gasteiger charge is -2.23. The van der Waals surface area contributed by atoms with Crippen LogP contribution >= 0.6 is 34.3 Å². The quantitative estimate of drug-likeness (QED) is 0.916. The van der Waals surface area contributed by atoms with Crippen LogP contribution in [0.4, 0.5) is 0 Å². The molecule has 0 radical (unpaired) electrons. The number of amides is 1. The number of halogens is 1. The molecule has 2 heterocycles. The number of likely N-dealkylation sites (N-methyl/N-ethyl adjacent to an activating group) is 1. The molecule has 0 saturated carbocycles. The number of rotatable bonds is 5. The molecule has 1 amide bonds. The highest BCUT2D eigenvalue weighted by Gasteiger charge is 2.17. The van der Waals surface area contributed by atoms with Gasteiger partial charge < -0.3 is 10.2 Å². The van der Waals surface area contributed by atoms with Crippen LogP contribution in [0.2, 0.25) is 4.34 Å². The normalized spacial score (nSPS) is 12.6. The van der Waals surface area contributed by atoms with Crippen LogP contribution in [-0.4, -0.2) is 31.4 Å². The zero-order chi connectivity index (χ0) is 13.8. The van der Waals surface area contributed by atoms with Crippen LogP contribution < -0.4 is 5.32 Å². The molecule has 0 saturated heterocycles. The Balaban J connectivity index is 1.98. The highest BCUT2D eigenvalue weighted by atomic mass is 35.5. The maximum atomic E-state index is 12.0. The minimum absolute atomic E-state index is 0.0692. The van der Waals surface area contributed by atoms with Gasteiger partial charge in [-0.1, -0.05) is 17.7 Å². The van der Waals surface area contributed by atoms with Crippen LogP contribution in [0.3, 0.4) is 0 Å². The number of nitrogens with one attached hydrogen (secondary N) is 1. The number of nitrogens with zero attached hydrogens (tertiary/aromatic N) is 1. The standard InChI is InChI=1S/C13H15ClN2OS2/c1-16(2)9(10-4-3-7-18-10)8-15-13(17)11-5-6-12(14)19-11/h3-7,9H,8H2,1-2H3,(H,15,17)/t9-/m0/s1. The van der Waals surface area contributed by atoms with Crippen molar-refractivity contribution in [3.05, 3.63) is 43.7 Å². The molecule has 2 aromatic heterocycles. The van der Waals surface area contributed by atoms with Crippen LogP contribution in [0.5, 0.6) is 0 Å². The number of hydrogen-bond donors (Lipinski definition) is 1. The van der Waals surface area contributed by atoms with Crippen LogP contribution in [0.25, 0.3) is 0 Å². The maximum Gasteiger partial charge on any atom is 0.261 e. The van der Waals surface area contributed by atoms with Crippen molar-refractivity contribution in [1.29, 1.82) is 0 Å². The van der Waals surface area contributed by atoms with Crippen molar-refractivity contribution in [3.8, 4) is 0 Å². The molecule has 19 heavy (non-hydrogen) atoms. The second-order valence-corrected chi connectivity index (χ2v) is 7.00. The monoisotopic (exact) mass is 314 g/mol. The number of carbonyl (C=O) groups excluding carboxylic acids is 1. The van der Waals surface area contributed by atoms with Gasteiger partial charge in [0.2, 0.25) is 0 Å². The molecule has 1 atom stereocenters. The molecule has 0 spiro atoms. The van der Waals surface area contributed by atoms with E-state index in [-0.39, 0.29) is 11.9 Å². The molecule has 2 aromatic rings. The third-order valence-corrected chi connectivity index (χ3v) is 4.95. The molecule has 1 N–H and O–H groups in total. The van der Waals surface area contributed by atoms with Gasteiger partial charge in [0.15, 0.2) is 0 Å². The predicted molar refractivity (Wildman–Crippen MR) is 82.4 cm³/mol. The van der Waals surface area contributed by atoms with Gasteiger partial charge in [0.1, 0.15) is 0 Å². The van der Waals surface area contributed by atoms with Crippen LogP contribution in [-0.2, 0) is 0 Å². The molecule has 6 heteroatoms. The summed E-state index contributed by atoms with van der Waals surface area (Å²) in [7, 11) is 4.02. The Hall–Kier alpha value is -0.880. The third kappa shape index (κ3) is 3.79. The van der Waals surface area contributed by atoms with Gasteiger partial charge in [-0.15, -0.1) is 22.7 Å². The zero-order valence-corrected chi connectivity index (χ0v) is 13.1. The van der Waals surface area contributed by atoms with E-state index in [2.05, 4.69) is 16.3 Å². The largest absolute Gasteiger partial charge is 0.349 e. The summed E-state index contributed by atoms with van der Waals surface area (Å²) in [5.74, 6) is -0.0692. The summed E-state index contributed by atoms with van der Waals surface area (Å²) in [4.78, 5) is 16.0. The van der Waals surface area contributed by atoms with Crippen molar-refractivity contribution in [3.63, 3.8) is 0 Å². The fourth-order valence-corrected chi connectivity index (χ4v) is 3.61. The fraction of sp³-hybridized carbons (Fsp3) is 0.308. The molecule has 0 aliphatic carbocycles. The summed E-state index contributed by atoms with van der Waals surface area (Å²) in [5, 5.41) is 5.01. The molecule has 0 aliphatic rings. The highest BCUT2D eigenvalue weighted by molar-refractivity contribution is 7.18. The average Bonchev–Trinajstić information content (AvgIpc) is 3.00. The molecular weight excluding hydrogens is 300 g/mol. The van der Waals surface area contributed by atoms with Gasteiger partial charge >= 0.3 is 0 Å². The first-order valence-electron chi connectivity index (χ1n) is 5.81. The van der Waals surface area contributed by atoms with E-state index in [9.17, 15) is 4.79 Å². The average molecular weight is 315 g/mol. The first-order chi connectivity index (χ1) is 9.08. The van der Waals surface area contributed by atoms with Crippen LogP contribution in [0.1, 0.15) is 20.6 Å². The van der Waals surface area contributed by atoms with Gasteiger partial charge in [-0.2, -0.15) is 0 Å². The first-order valence-corrected chi connectivity index (χ1v) is 7.88. The molecule has 3 nitrogen and oxygen atoms in total. The molecule has 0 bridgehead atoms. The SMILES string of the molecule is CN(C)[C@@H](CNC(=O)c1ccc(Cl)s1)c1cccs1. The van der Waals surface area contributed by atoms with Crippen molar-refractivity contribution in [2.24, 2.45) is 0 Å².